The summed E-state index contributed by atoms with van der Waals surface area (Å²) in [5, 5.41) is 0. The Kier molecular flexibility index (Phi) is 29.5. The van der Waals surface area contributed by atoms with E-state index in [4.69, 9.17) is 18.9 Å². The van der Waals surface area contributed by atoms with Crippen molar-refractivity contribution in [2.75, 3.05) is 137 Å². The molecule has 0 heterocycles. The van der Waals surface area contributed by atoms with Crippen molar-refractivity contribution in [1.82, 2.24) is 0 Å². The summed E-state index contributed by atoms with van der Waals surface area (Å²) in [7, 11) is 27.4. The molecule has 0 aliphatic carbocycles. The van der Waals surface area contributed by atoms with Crippen molar-refractivity contribution in [3.8, 4) is 23.0 Å². The number of hydrogen-bond donors (Lipinski definition) is 0. The molecule has 0 atom stereocenters. The zero-order chi connectivity index (χ0) is 47.9. The van der Waals surface area contributed by atoms with Crippen molar-refractivity contribution in [2.24, 2.45) is 0 Å². The molecule has 0 N–H and O–H groups in total. The van der Waals surface area contributed by atoms with Gasteiger partial charge < -0.3 is 36.9 Å². The number of benzene rings is 2. The fraction of sp³-hybridized carbons (Fsp3) is 0.754. The highest BCUT2D eigenvalue weighted by atomic mass is 16.5. The lowest BCUT2D eigenvalue weighted by molar-refractivity contribution is -0.870. The van der Waals surface area contributed by atoms with Crippen LogP contribution >= 0.6 is 0 Å². The number of unbranched alkanes of at least 4 members (excludes halogenated alkanes) is 19. The Labute approximate surface area is 403 Å². The first-order valence-corrected chi connectivity index (χ1v) is 26.5. The third kappa shape index (κ3) is 36.0. The highest BCUT2D eigenvalue weighted by Crippen LogP contribution is 2.28. The largest absolute Gasteiger partial charge is 0.493 e. The number of ether oxygens (including phenoxy) is 4. The van der Waals surface area contributed by atoms with E-state index in [2.05, 4.69) is 133 Å². The lowest BCUT2D eigenvalue weighted by Crippen LogP contribution is -2.35. The van der Waals surface area contributed by atoms with Crippen molar-refractivity contribution in [2.45, 2.75) is 148 Å². The Morgan fingerprint density at radius 3 is 0.646 bits per heavy atom. The zero-order valence-corrected chi connectivity index (χ0v) is 45.0. The van der Waals surface area contributed by atoms with Crippen LogP contribution in [0.4, 0.5) is 0 Å². The van der Waals surface area contributed by atoms with E-state index in [1.165, 1.54) is 148 Å². The van der Waals surface area contributed by atoms with Crippen LogP contribution < -0.4 is 18.9 Å². The molecule has 0 unspecified atom stereocenters. The van der Waals surface area contributed by atoms with E-state index < -0.39 is 0 Å². The van der Waals surface area contributed by atoms with Crippen LogP contribution in [-0.4, -0.2) is 155 Å². The standard InChI is InChI=1S/C57H106N4O4/c1-58(2,3)38-28-20-13-16-24-32-42-62-54-46-52(47-55(50-54)63-43-33-25-17-14-21-29-39-59(4,5)6)36-37-53-48-56(64-44-34-26-18-15-22-30-40-60(7,8)9)51-57(49-53)65-45-35-27-19-23-31-41-61(10,11)12/h36-37,46-51H,13-35,38-45H2,1-12H3/q+4/b37-36+. The Balaban J connectivity index is 2.08. The van der Waals surface area contributed by atoms with E-state index in [9.17, 15) is 0 Å². The fourth-order valence-electron chi connectivity index (χ4n) is 8.07. The molecule has 65 heavy (non-hydrogen) atoms. The second-order valence-electron chi connectivity index (χ2n) is 23.4. The molecule has 0 aromatic heterocycles. The highest BCUT2D eigenvalue weighted by Gasteiger charge is 2.10. The molecule has 2 aromatic rings. The topological polar surface area (TPSA) is 36.9 Å². The van der Waals surface area contributed by atoms with Crippen molar-refractivity contribution < 1.29 is 36.9 Å². The minimum absolute atomic E-state index is 0.725. The van der Waals surface area contributed by atoms with Gasteiger partial charge in [-0.15, -0.1) is 0 Å². The fourth-order valence-corrected chi connectivity index (χ4v) is 8.07. The molecule has 0 bridgehead atoms. The molecule has 0 spiro atoms. The first-order chi connectivity index (χ1) is 30.8. The van der Waals surface area contributed by atoms with Gasteiger partial charge in [0, 0.05) is 12.1 Å². The molecule has 0 aliphatic rings. The maximum atomic E-state index is 6.40. The van der Waals surface area contributed by atoms with Gasteiger partial charge in [-0.05, 0) is 112 Å². The van der Waals surface area contributed by atoms with E-state index in [0.29, 0.717) is 0 Å². The Bertz CT molecular complexity index is 1460. The molecule has 2 aromatic carbocycles. The van der Waals surface area contributed by atoms with Gasteiger partial charge in [-0.25, -0.2) is 0 Å². The van der Waals surface area contributed by atoms with Crippen molar-refractivity contribution >= 4 is 12.2 Å². The Morgan fingerprint density at radius 1 is 0.262 bits per heavy atom. The number of rotatable bonds is 41. The highest BCUT2D eigenvalue weighted by molar-refractivity contribution is 5.72. The average molecular weight is 911 g/mol. The number of nitrogens with zero attached hydrogens (tertiary/aromatic N) is 4. The van der Waals surface area contributed by atoms with Gasteiger partial charge in [0.1, 0.15) is 23.0 Å². The predicted molar refractivity (Wildman–Crippen MR) is 282 cm³/mol. The van der Waals surface area contributed by atoms with Gasteiger partial charge >= 0.3 is 0 Å². The first-order valence-electron chi connectivity index (χ1n) is 26.5. The summed E-state index contributed by atoms with van der Waals surface area (Å²) in [4.78, 5) is 0. The van der Waals surface area contributed by atoms with Crippen LogP contribution in [0.5, 0.6) is 23.0 Å². The normalized spacial score (nSPS) is 12.6. The van der Waals surface area contributed by atoms with Crippen molar-refractivity contribution in [3.63, 3.8) is 0 Å². The summed E-state index contributed by atoms with van der Waals surface area (Å²) in [5.41, 5.74) is 2.15. The van der Waals surface area contributed by atoms with Gasteiger partial charge in [0.2, 0.25) is 0 Å². The molecule has 0 fully saturated rings. The van der Waals surface area contributed by atoms with E-state index in [1.54, 1.807) is 0 Å². The third-order valence-corrected chi connectivity index (χ3v) is 12.0. The maximum Gasteiger partial charge on any atom is 0.123 e. The quantitative estimate of drug-likeness (QED) is 0.0378. The molecule has 374 valence electrons. The predicted octanol–water partition coefficient (Wildman–Crippen LogP) is 13.2. The SMILES string of the molecule is C[N+](C)(C)CCCCCCCCOc1cc(/C=C/c2cc(OCCCCCCCC[N+](C)(C)C)cc(OCCCCCCC[N+](C)(C)C)c2)cc(OCCCCCCCC[N+](C)(C)C)c1. The van der Waals surface area contributed by atoms with Gasteiger partial charge in [0.05, 0.1) is 137 Å². The molecule has 8 nitrogen and oxygen atoms in total. The minimum Gasteiger partial charge on any atom is -0.493 e. The molecule has 2 rings (SSSR count). The molecule has 0 aliphatic heterocycles. The smallest absolute Gasteiger partial charge is 0.123 e. The summed E-state index contributed by atoms with van der Waals surface area (Å²) in [6, 6.07) is 12.8. The molecule has 0 amide bonds. The van der Waals surface area contributed by atoms with E-state index in [-0.39, 0.29) is 0 Å². The van der Waals surface area contributed by atoms with Gasteiger partial charge in [-0.2, -0.15) is 0 Å². The summed E-state index contributed by atoms with van der Waals surface area (Å²) in [6.45, 7) is 7.89. The Hall–Kier alpha value is -2.78. The minimum atomic E-state index is 0.725. The molecule has 8 heteroatoms. The van der Waals surface area contributed by atoms with Gasteiger partial charge in [-0.3, -0.25) is 0 Å². The lowest BCUT2D eigenvalue weighted by atomic mass is 10.1. The first kappa shape index (κ1) is 58.3. The van der Waals surface area contributed by atoms with E-state index >= 15 is 0 Å². The van der Waals surface area contributed by atoms with Crippen LogP contribution in [0.15, 0.2) is 36.4 Å². The van der Waals surface area contributed by atoms with Gasteiger partial charge in [0.15, 0.2) is 0 Å². The molecule has 0 radical (unpaired) electrons. The number of hydrogen-bond acceptors (Lipinski definition) is 4. The van der Waals surface area contributed by atoms with Crippen LogP contribution in [0.2, 0.25) is 0 Å². The third-order valence-electron chi connectivity index (χ3n) is 12.0. The second-order valence-corrected chi connectivity index (χ2v) is 23.4. The molecule has 0 saturated carbocycles. The molecular weight excluding hydrogens is 805 g/mol. The van der Waals surface area contributed by atoms with Crippen LogP contribution in [-0.2, 0) is 0 Å². The van der Waals surface area contributed by atoms with Crippen LogP contribution in [0.25, 0.3) is 12.2 Å². The second kappa shape index (κ2) is 32.8. The summed E-state index contributed by atoms with van der Waals surface area (Å²) < 4.78 is 29.8. The zero-order valence-electron chi connectivity index (χ0n) is 45.0. The Morgan fingerprint density at radius 2 is 0.446 bits per heavy atom. The van der Waals surface area contributed by atoms with Crippen molar-refractivity contribution in [3.05, 3.63) is 47.5 Å². The molecular formula is C57H106N4O4+4. The van der Waals surface area contributed by atoms with Gasteiger partial charge in [-0.1, -0.05) is 82.8 Å². The number of quaternary nitrogens is 4. The maximum absolute atomic E-state index is 6.40. The summed E-state index contributed by atoms with van der Waals surface area (Å²) in [5.74, 6) is 3.53. The van der Waals surface area contributed by atoms with E-state index in [0.717, 1.165) is 104 Å². The van der Waals surface area contributed by atoms with Crippen molar-refractivity contribution in [1.29, 1.82) is 0 Å². The summed E-state index contributed by atoms with van der Waals surface area (Å²) >= 11 is 0. The molecule has 0 saturated heterocycles. The summed E-state index contributed by atoms with van der Waals surface area (Å²) in [6.07, 6.45) is 32.9. The van der Waals surface area contributed by atoms with E-state index in [1.807, 2.05) is 0 Å². The van der Waals surface area contributed by atoms with Crippen LogP contribution in [0.1, 0.15) is 159 Å². The average Bonchev–Trinajstić information content (AvgIpc) is 3.20. The van der Waals surface area contributed by atoms with Crippen LogP contribution in [0.3, 0.4) is 0 Å². The lowest BCUT2D eigenvalue weighted by Gasteiger charge is -2.23. The van der Waals surface area contributed by atoms with Gasteiger partial charge in [0.25, 0.3) is 0 Å². The monoisotopic (exact) mass is 911 g/mol. The van der Waals surface area contributed by atoms with Crippen LogP contribution in [0, 0.1) is 0 Å².